The van der Waals surface area contributed by atoms with Crippen LogP contribution >= 0.6 is 15.9 Å². The Balaban J connectivity index is 2.96. The molecule has 0 aromatic carbocycles. The van der Waals surface area contributed by atoms with Gasteiger partial charge in [-0.05, 0) is 22.0 Å². The van der Waals surface area contributed by atoms with Crippen molar-refractivity contribution in [1.29, 1.82) is 0 Å². The number of aliphatic imine (C=N–C) groups is 1. The van der Waals surface area contributed by atoms with E-state index < -0.39 is 12.0 Å². The highest BCUT2D eigenvalue weighted by Gasteiger charge is 2.13. The van der Waals surface area contributed by atoms with E-state index in [0.717, 1.165) is 6.08 Å². The van der Waals surface area contributed by atoms with Gasteiger partial charge >= 0.3 is 0 Å². The Morgan fingerprint density at radius 1 is 1.60 bits per heavy atom. The largest absolute Gasteiger partial charge is 0.264 e. The zero-order valence-corrected chi connectivity index (χ0v) is 6.48. The Labute approximate surface area is 65.3 Å². The third-order valence-corrected chi connectivity index (χ3v) is 1.58. The van der Waals surface area contributed by atoms with Gasteiger partial charge in [0.15, 0.2) is 12.0 Å². The second-order valence-corrected chi connectivity index (χ2v) is 2.57. The normalized spacial score (nSPS) is 25.3. The van der Waals surface area contributed by atoms with E-state index in [2.05, 4.69) is 20.9 Å². The summed E-state index contributed by atoms with van der Waals surface area (Å²) in [6.45, 7) is 0. The number of hydrogen-bond donors (Lipinski definition) is 0. The lowest BCUT2D eigenvalue weighted by Crippen LogP contribution is -1.95. The molecule has 0 aromatic heterocycles. The van der Waals surface area contributed by atoms with Gasteiger partial charge < -0.3 is 0 Å². The average molecular weight is 208 g/mol. The number of halogens is 3. The van der Waals surface area contributed by atoms with E-state index in [4.69, 9.17) is 0 Å². The fourth-order valence-corrected chi connectivity index (χ4v) is 0.849. The van der Waals surface area contributed by atoms with Gasteiger partial charge in [-0.25, -0.2) is 8.78 Å². The van der Waals surface area contributed by atoms with Crippen molar-refractivity contribution in [2.45, 2.75) is 6.17 Å². The zero-order chi connectivity index (χ0) is 7.56. The monoisotopic (exact) mass is 207 g/mol. The molecule has 1 atom stereocenters. The zero-order valence-electron chi connectivity index (χ0n) is 4.89. The van der Waals surface area contributed by atoms with E-state index in [1.807, 2.05) is 0 Å². The molecular formula is C6H4BrF2N. The lowest BCUT2D eigenvalue weighted by molar-refractivity contribution is 0.382. The molecule has 1 nitrogen and oxygen atoms in total. The van der Waals surface area contributed by atoms with Crippen LogP contribution in [0.2, 0.25) is 0 Å². The number of nitrogens with zero attached hydrogens (tertiary/aromatic N) is 1. The van der Waals surface area contributed by atoms with Crippen LogP contribution < -0.4 is 0 Å². The molecule has 0 N–H and O–H groups in total. The topological polar surface area (TPSA) is 12.4 Å². The second kappa shape index (κ2) is 3.05. The maximum Gasteiger partial charge on any atom is 0.172 e. The minimum Gasteiger partial charge on any atom is -0.264 e. The van der Waals surface area contributed by atoms with Gasteiger partial charge in [-0.3, -0.25) is 4.99 Å². The summed E-state index contributed by atoms with van der Waals surface area (Å²) in [6.07, 6.45) is 1.81. The predicted octanol–water partition coefficient (Wildman–Crippen LogP) is 2.50. The van der Waals surface area contributed by atoms with Crippen LogP contribution in [-0.2, 0) is 0 Å². The van der Waals surface area contributed by atoms with E-state index in [9.17, 15) is 8.78 Å². The van der Waals surface area contributed by atoms with Crippen molar-refractivity contribution in [2.75, 3.05) is 0 Å². The molecule has 0 amide bonds. The molecule has 4 heteroatoms. The summed E-state index contributed by atoms with van der Waals surface area (Å²) in [5.41, 5.74) is 0. The maximum atomic E-state index is 12.5. The first-order chi connectivity index (χ1) is 4.72. The van der Waals surface area contributed by atoms with E-state index in [-0.39, 0.29) is 4.48 Å². The average Bonchev–Trinajstić information content (AvgIpc) is 2.04. The van der Waals surface area contributed by atoms with Crippen LogP contribution in [0.1, 0.15) is 0 Å². The number of rotatable bonds is 0. The summed E-state index contributed by atoms with van der Waals surface area (Å²) >= 11 is 2.82. The summed E-state index contributed by atoms with van der Waals surface area (Å²) in [7, 11) is 0. The number of allylic oxidation sites excluding steroid dienone is 3. The van der Waals surface area contributed by atoms with Crippen LogP contribution in [0.3, 0.4) is 0 Å². The Bertz CT molecular complexity index is 220. The van der Waals surface area contributed by atoms with Crippen LogP contribution in [0.5, 0.6) is 0 Å². The molecule has 0 spiro atoms. The van der Waals surface area contributed by atoms with Crippen molar-refractivity contribution in [2.24, 2.45) is 4.99 Å². The Morgan fingerprint density at radius 2 is 2.30 bits per heavy atom. The molecule has 0 saturated heterocycles. The highest BCUT2D eigenvalue weighted by molar-refractivity contribution is 9.12. The summed E-state index contributed by atoms with van der Waals surface area (Å²) < 4.78 is 25.1. The predicted molar refractivity (Wildman–Crippen MR) is 39.6 cm³/mol. The Morgan fingerprint density at radius 3 is 3.00 bits per heavy atom. The van der Waals surface area contributed by atoms with Gasteiger partial charge in [0.25, 0.3) is 0 Å². The summed E-state index contributed by atoms with van der Waals surface area (Å²) in [6, 6.07) is 0. The summed E-state index contributed by atoms with van der Waals surface area (Å²) in [5.74, 6) is -0.836. The Kier molecular flexibility index (Phi) is 2.32. The van der Waals surface area contributed by atoms with Crippen LogP contribution in [-0.4, -0.2) is 12.4 Å². The van der Waals surface area contributed by atoms with E-state index in [1.165, 1.54) is 12.4 Å². The van der Waals surface area contributed by atoms with Crippen molar-refractivity contribution >= 4 is 22.1 Å². The smallest absolute Gasteiger partial charge is 0.172 e. The molecule has 0 saturated carbocycles. The van der Waals surface area contributed by atoms with Crippen molar-refractivity contribution in [3.05, 3.63) is 22.6 Å². The van der Waals surface area contributed by atoms with E-state index in [0.29, 0.717) is 0 Å². The van der Waals surface area contributed by atoms with Gasteiger partial charge in [0.2, 0.25) is 0 Å². The molecule has 1 rings (SSSR count). The van der Waals surface area contributed by atoms with E-state index >= 15 is 0 Å². The minimum atomic E-state index is -1.67. The van der Waals surface area contributed by atoms with Crippen molar-refractivity contribution < 1.29 is 8.78 Å². The van der Waals surface area contributed by atoms with Gasteiger partial charge in [0.1, 0.15) is 0 Å². The van der Waals surface area contributed by atoms with Gasteiger partial charge in [-0.2, -0.15) is 0 Å². The van der Waals surface area contributed by atoms with Gasteiger partial charge in [0, 0.05) is 12.4 Å². The maximum absolute atomic E-state index is 12.5. The summed E-state index contributed by atoms with van der Waals surface area (Å²) in [5, 5.41) is 0. The molecule has 0 aromatic rings. The van der Waals surface area contributed by atoms with Gasteiger partial charge in [0.05, 0.1) is 4.48 Å². The first kappa shape index (κ1) is 7.60. The molecule has 10 heavy (non-hydrogen) atoms. The SMILES string of the molecule is FC1=C(Br)C=NC=CC1F. The van der Waals surface area contributed by atoms with Crippen LogP contribution in [0.15, 0.2) is 27.6 Å². The van der Waals surface area contributed by atoms with Crippen LogP contribution in [0.25, 0.3) is 0 Å². The third kappa shape index (κ3) is 1.50. The molecule has 1 unspecified atom stereocenters. The van der Waals surface area contributed by atoms with Crippen LogP contribution in [0, 0.1) is 0 Å². The molecule has 0 bridgehead atoms. The van der Waals surface area contributed by atoms with Crippen molar-refractivity contribution in [3.8, 4) is 0 Å². The molecule has 1 heterocycles. The van der Waals surface area contributed by atoms with Crippen LogP contribution in [0.4, 0.5) is 8.78 Å². The quantitative estimate of drug-likeness (QED) is 0.579. The van der Waals surface area contributed by atoms with Crippen molar-refractivity contribution in [3.63, 3.8) is 0 Å². The first-order valence-corrected chi connectivity index (χ1v) is 3.40. The molecular weight excluding hydrogens is 204 g/mol. The van der Waals surface area contributed by atoms with Gasteiger partial charge in [-0.1, -0.05) is 0 Å². The van der Waals surface area contributed by atoms with Gasteiger partial charge in [-0.15, -0.1) is 0 Å². The fourth-order valence-electron chi connectivity index (χ4n) is 0.512. The fraction of sp³-hybridized carbons (Fsp3) is 0.167. The molecule has 0 radical (unpaired) electrons. The lowest BCUT2D eigenvalue weighted by Gasteiger charge is -1.96. The van der Waals surface area contributed by atoms with Crippen molar-refractivity contribution in [1.82, 2.24) is 0 Å². The highest BCUT2D eigenvalue weighted by Crippen LogP contribution is 2.20. The minimum absolute atomic E-state index is 0.0602. The van der Waals surface area contributed by atoms with E-state index in [1.54, 1.807) is 0 Å². The standard InChI is InChI=1S/C6H4BrF2N/c7-4-3-10-2-1-5(8)6(4)9/h1-3,5H. The Hall–Kier alpha value is -0.510. The number of alkyl halides is 1. The first-order valence-electron chi connectivity index (χ1n) is 2.61. The molecule has 54 valence electrons. The second-order valence-electron chi connectivity index (χ2n) is 1.72. The summed E-state index contributed by atoms with van der Waals surface area (Å²) in [4.78, 5) is 3.56. The molecule has 1 aliphatic heterocycles. The number of hydrogen-bond acceptors (Lipinski definition) is 1. The molecule has 1 aliphatic rings. The molecule has 0 aliphatic carbocycles. The highest BCUT2D eigenvalue weighted by atomic mass is 79.9. The molecule has 0 fully saturated rings. The third-order valence-electron chi connectivity index (χ3n) is 0.999. The lowest BCUT2D eigenvalue weighted by atomic mass is 10.3.